The van der Waals surface area contributed by atoms with Gasteiger partial charge in [-0.3, -0.25) is 4.79 Å². The number of ether oxygens (including phenoxy) is 4. The Morgan fingerprint density at radius 2 is 0.972 bits per heavy atom. The summed E-state index contributed by atoms with van der Waals surface area (Å²) in [4.78, 5) is 13.2. The summed E-state index contributed by atoms with van der Waals surface area (Å²) in [5.74, 6) is -0.226. The number of carbonyl (C=O) groups is 1. The molecular formula is C57H99NO13. The molecule has 2 rings (SSSR count). The molecule has 0 saturated carbocycles. The standard InChI is InChI=1S/C57H99NO13/c1-3-5-7-9-11-13-15-17-18-19-20-21-22-23-24-25-26-27-28-29-31-33-35-37-39-41-49(62)58-45(46(61)40-38-36-34-32-30-16-14-12-10-8-6-4-2)44-68-56-54(67)52(65)55(48(43-60)70-56)71-57-53(66)51(64)50(63)47(42-59)69-57/h5,7,11,13,17-18,20-21,23-24,26-27,45-48,50-57,59-61,63-67H,3-4,6,8-10,12,14-16,19,22,25,28-44H2,1-2H3,(H,58,62)/b7-5-,13-11-,18-17-,21-20-,24-23-,27-26-. The highest BCUT2D eigenvalue weighted by Gasteiger charge is 2.51. The summed E-state index contributed by atoms with van der Waals surface area (Å²) in [5, 5.41) is 87.0. The maximum Gasteiger partial charge on any atom is 0.220 e. The fourth-order valence-corrected chi connectivity index (χ4v) is 8.71. The van der Waals surface area contributed by atoms with Gasteiger partial charge < -0.3 is 65.1 Å². The van der Waals surface area contributed by atoms with Crippen molar-refractivity contribution in [1.29, 1.82) is 0 Å². The molecule has 2 aliphatic rings. The van der Waals surface area contributed by atoms with E-state index in [4.69, 9.17) is 18.9 Å². The lowest BCUT2D eigenvalue weighted by Crippen LogP contribution is -2.65. The number of amides is 1. The van der Waals surface area contributed by atoms with Crippen LogP contribution in [-0.2, 0) is 23.7 Å². The first-order valence-electron chi connectivity index (χ1n) is 27.7. The van der Waals surface area contributed by atoms with Gasteiger partial charge in [-0.1, -0.05) is 189 Å². The van der Waals surface area contributed by atoms with Crippen molar-refractivity contribution >= 4 is 5.91 Å². The SMILES string of the molecule is CC/C=C\C/C=C\C/C=C\C/C=C\C/C=C\C/C=C\CCCCCCCCC(=O)NC(COC1OC(CO)C(OC2OC(CO)C(O)C(O)C2O)C(O)C1O)C(O)CCCCCCCCCCCCCC. The molecule has 9 N–H and O–H groups in total. The Labute approximate surface area is 428 Å². The van der Waals surface area contributed by atoms with Crippen LogP contribution in [0.1, 0.15) is 187 Å². The van der Waals surface area contributed by atoms with Crippen LogP contribution in [0.2, 0.25) is 0 Å². The van der Waals surface area contributed by atoms with Crippen molar-refractivity contribution in [2.75, 3.05) is 19.8 Å². The van der Waals surface area contributed by atoms with Gasteiger partial charge >= 0.3 is 0 Å². The number of carbonyl (C=O) groups excluding carboxylic acids is 1. The predicted molar refractivity (Wildman–Crippen MR) is 281 cm³/mol. The van der Waals surface area contributed by atoms with Gasteiger partial charge in [-0.25, -0.2) is 0 Å². The molecular weight excluding hydrogens is 907 g/mol. The summed E-state index contributed by atoms with van der Waals surface area (Å²) in [7, 11) is 0. The summed E-state index contributed by atoms with van der Waals surface area (Å²) in [6.07, 6.45) is 37.5. The molecule has 2 fully saturated rings. The number of aliphatic hydroxyl groups excluding tert-OH is 8. The first-order valence-corrected chi connectivity index (χ1v) is 27.7. The topological polar surface area (TPSA) is 228 Å². The van der Waals surface area contributed by atoms with Crippen LogP contribution in [0.25, 0.3) is 0 Å². The molecule has 1 amide bonds. The maximum atomic E-state index is 13.2. The van der Waals surface area contributed by atoms with Crippen LogP contribution in [0.3, 0.4) is 0 Å². The normalized spacial score (nSPS) is 26.3. The van der Waals surface area contributed by atoms with Crippen LogP contribution < -0.4 is 5.32 Å². The Balaban J connectivity index is 1.76. The molecule has 2 saturated heterocycles. The van der Waals surface area contributed by atoms with Gasteiger partial charge in [0.2, 0.25) is 5.91 Å². The molecule has 2 heterocycles. The van der Waals surface area contributed by atoms with E-state index in [0.29, 0.717) is 12.8 Å². The van der Waals surface area contributed by atoms with Crippen LogP contribution in [0.15, 0.2) is 72.9 Å². The van der Waals surface area contributed by atoms with Gasteiger partial charge in [0.15, 0.2) is 12.6 Å². The molecule has 410 valence electrons. The molecule has 0 radical (unpaired) electrons. The summed E-state index contributed by atoms with van der Waals surface area (Å²) < 4.78 is 22.8. The Hall–Kier alpha value is -2.57. The van der Waals surface area contributed by atoms with Crippen molar-refractivity contribution in [1.82, 2.24) is 5.32 Å². The van der Waals surface area contributed by atoms with Gasteiger partial charge in [-0.05, 0) is 64.2 Å². The molecule has 12 unspecified atom stereocenters. The van der Waals surface area contributed by atoms with Crippen LogP contribution in [0.4, 0.5) is 0 Å². The molecule has 0 bridgehead atoms. The first kappa shape index (κ1) is 64.5. The summed E-state index contributed by atoms with van der Waals surface area (Å²) in [6, 6.07) is -0.840. The van der Waals surface area contributed by atoms with Crippen molar-refractivity contribution in [2.24, 2.45) is 0 Å². The van der Waals surface area contributed by atoms with Crippen LogP contribution >= 0.6 is 0 Å². The van der Waals surface area contributed by atoms with Crippen molar-refractivity contribution < 1.29 is 64.6 Å². The van der Waals surface area contributed by atoms with Crippen molar-refractivity contribution in [2.45, 2.75) is 261 Å². The van der Waals surface area contributed by atoms with E-state index in [1.165, 1.54) is 51.4 Å². The van der Waals surface area contributed by atoms with E-state index in [2.05, 4.69) is 92.1 Å². The van der Waals surface area contributed by atoms with E-state index in [0.717, 1.165) is 103 Å². The van der Waals surface area contributed by atoms with Gasteiger partial charge in [0.1, 0.15) is 48.8 Å². The van der Waals surface area contributed by atoms with E-state index >= 15 is 0 Å². The van der Waals surface area contributed by atoms with Crippen LogP contribution in [-0.4, -0.2) is 140 Å². The largest absolute Gasteiger partial charge is 0.394 e. The lowest BCUT2D eigenvalue weighted by Gasteiger charge is -2.46. The highest BCUT2D eigenvalue weighted by atomic mass is 16.7. The molecule has 0 aromatic rings. The zero-order chi connectivity index (χ0) is 51.7. The number of rotatable bonds is 42. The quantitative estimate of drug-likeness (QED) is 0.0207. The third-order valence-corrected chi connectivity index (χ3v) is 13.2. The second-order valence-electron chi connectivity index (χ2n) is 19.3. The van der Waals surface area contributed by atoms with Gasteiger partial charge in [0, 0.05) is 6.42 Å². The number of hydrogen-bond donors (Lipinski definition) is 9. The second kappa shape index (κ2) is 42.8. The second-order valence-corrected chi connectivity index (χ2v) is 19.3. The molecule has 0 aromatic carbocycles. The first-order chi connectivity index (χ1) is 34.6. The Kier molecular flexibility index (Phi) is 38.9. The molecule has 71 heavy (non-hydrogen) atoms. The molecule has 2 aliphatic heterocycles. The van der Waals surface area contributed by atoms with Crippen molar-refractivity contribution in [3.63, 3.8) is 0 Å². The van der Waals surface area contributed by atoms with Gasteiger partial charge in [-0.2, -0.15) is 0 Å². The fraction of sp³-hybridized carbons (Fsp3) is 0.772. The van der Waals surface area contributed by atoms with E-state index in [9.17, 15) is 45.6 Å². The van der Waals surface area contributed by atoms with E-state index in [1.807, 2.05) is 0 Å². The van der Waals surface area contributed by atoms with E-state index in [1.54, 1.807) is 0 Å². The minimum Gasteiger partial charge on any atom is -0.394 e. The number of hydrogen-bond acceptors (Lipinski definition) is 13. The number of nitrogens with one attached hydrogen (secondary N) is 1. The molecule has 14 nitrogen and oxygen atoms in total. The molecule has 12 atom stereocenters. The smallest absolute Gasteiger partial charge is 0.220 e. The van der Waals surface area contributed by atoms with Gasteiger partial charge in [0.25, 0.3) is 0 Å². The van der Waals surface area contributed by atoms with Crippen molar-refractivity contribution in [3.05, 3.63) is 72.9 Å². The lowest BCUT2D eigenvalue weighted by molar-refractivity contribution is -0.359. The molecule has 14 heteroatoms. The highest BCUT2D eigenvalue weighted by Crippen LogP contribution is 2.30. The van der Waals surface area contributed by atoms with Gasteiger partial charge in [0.05, 0.1) is 32.0 Å². The Bertz CT molecular complexity index is 1470. The third-order valence-electron chi connectivity index (χ3n) is 13.2. The van der Waals surface area contributed by atoms with Crippen LogP contribution in [0.5, 0.6) is 0 Å². The number of aliphatic hydroxyl groups is 8. The minimum atomic E-state index is -1.79. The Morgan fingerprint density at radius 3 is 1.49 bits per heavy atom. The average molecular weight is 1010 g/mol. The third kappa shape index (κ3) is 29.2. The molecule has 0 spiro atoms. The lowest BCUT2D eigenvalue weighted by atomic mass is 9.97. The number of allylic oxidation sites excluding steroid dienone is 12. The average Bonchev–Trinajstić information content (AvgIpc) is 3.37. The monoisotopic (exact) mass is 1010 g/mol. The minimum absolute atomic E-state index is 0.226. The summed E-state index contributed by atoms with van der Waals surface area (Å²) in [6.45, 7) is 2.71. The molecule has 0 aromatic heterocycles. The van der Waals surface area contributed by atoms with E-state index in [-0.39, 0.29) is 18.9 Å². The summed E-state index contributed by atoms with van der Waals surface area (Å²) >= 11 is 0. The van der Waals surface area contributed by atoms with Crippen molar-refractivity contribution in [3.8, 4) is 0 Å². The Morgan fingerprint density at radius 1 is 0.521 bits per heavy atom. The summed E-state index contributed by atoms with van der Waals surface area (Å²) in [5.41, 5.74) is 0. The zero-order valence-corrected chi connectivity index (χ0v) is 43.7. The van der Waals surface area contributed by atoms with E-state index < -0.39 is 86.8 Å². The van der Waals surface area contributed by atoms with Crippen LogP contribution in [0, 0.1) is 0 Å². The molecule has 0 aliphatic carbocycles. The fourth-order valence-electron chi connectivity index (χ4n) is 8.71. The predicted octanol–water partition coefficient (Wildman–Crippen LogP) is 8.38. The highest BCUT2D eigenvalue weighted by molar-refractivity contribution is 5.76. The zero-order valence-electron chi connectivity index (χ0n) is 43.7. The maximum absolute atomic E-state index is 13.2. The number of unbranched alkanes of at least 4 members (excludes halogenated alkanes) is 17. The van der Waals surface area contributed by atoms with Gasteiger partial charge in [-0.15, -0.1) is 0 Å².